The second kappa shape index (κ2) is 7.19. The third kappa shape index (κ3) is 3.49. The fraction of sp³-hybridized carbons (Fsp3) is 0.333. The minimum Gasteiger partial charge on any atom is -0.350 e. The summed E-state index contributed by atoms with van der Waals surface area (Å²) in [5.74, 6) is 0.0607. The lowest BCUT2D eigenvalue weighted by molar-refractivity contribution is -0.127. The molecule has 1 amide bonds. The average Bonchev–Trinajstić information content (AvgIpc) is 2.67. The van der Waals surface area contributed by atoms with Crippen LogP contribution in [0.15, 0.2) is 59.6 Å². The van der Waals surface area contributed by atoms with E-state index in [9.17, 15) is 4.79 Å². The first-order chi connectivity index (χ1) is 12.3. The zero-order valence-corrected chi connectivity index (χ0v) is 14.2. The Morgan fingerprint density at radius 3 is 2.48 bits per heavy atom. The first-order valence-electron chi connectivity index (χ1n) is 9.06. The standard InChI is InChI=1S/C21H23N3O/c25-21-20(23-18-12-6-7-13-19(18)24-21)16-10-4-5-11-17(16)22-14-15-8-2-1-3-9-15/h1-5,8-11,14,18-20,23H,6-7,12-13H2,(H,24,25). The maximum Gasteiger partial charge on any atom is 0.242 e. The molecule has 1 aliphatic carbocycles. The highest BCUT2D eigenvalue weighted by atomic mass is 16.2. The van der Waals surface area contributed by atoms with Crippen molar-refractivity contribution in [2.75, 3.05) is 0 Å². The molecule has 0 spiro atoms. The number of para-hydroxylation sites is 1. The third-order valence-electron chi connectivity index (χ3n) is 5.14. The molecule has 0 aromatic heterocycles. The normalized spacial score (nSPS) is 26.2. The monoisotopic (exact) mass is 333 g/mol. The molecule has 2 N–H and O–H groups in total. The lowest BCUT2D eigenvalue weighted by Gasteiger charge is -2.40. The lowest BCUT2D eigenvalue weighted by Crippen LogP contribution is -2.61. The Hall–Kier alpha value is -2.46. The molecule has 2 fully saturated rings. The van der Waals surface area contributed by atoms with E-state index in [2.05, 4.69) is 15.6 Å². The first-order valence-corrected chi connectivity index (χ1v) is 9.06. The second-order valence-corrected chi connectivity index (χ2v) is 6.83. The van der Waals surface area contributed by atoms with Gasteiger partial charge in [-0.3, -0.25) is 15.1 Å². The van der Waals surface area contributed by atoms with E-state index in [1.807, 2.05) is 60.8 Å². The Morgan fingerprint density at radius 2 is 1.64 bits per heavy atom. The van der Waals surface area contributed by atoms with Gasteiger partial charge in [0.05, 0.1) is 5.69 Å². The summed E-state index contributed by atoms with van der Waals surface area (Å²) in [6.45, 7) is 0. The topological polar surface area (TPSA) is 53.5 Å². The summed E-state index contributed by atoms with van der Waals surface area (Å²) < 4.78 is 0. The van der Waals surface area contributed by atoms with E-state index in [0.29, 0.717) is 6.04 Å². The molecule has 1 saturated carbocycles. The molecule has 4 heteroatoms. The van der Waals surface area contributed by atoms with Crippen LogP contribution in [0.2, 0.25) is 0 Å². The highest BCUT2D eigenvalue weighted by Gasteiger charge is 2.37. The Labute approximate surface area is 148 Å². The summed E-state index contributed by atoms with van der Waals surface area (Å²) in [7, 11) is 0. The summed E-state index contributed by atoms with van der Waals surface area (Å²) in [4.78, 5) is 17.3. The molecule has 4 rings (SSSR count). The molecule has 128 valence electrons. The number of fused-ring (bicyclic) bond motifs is 1. The van der Waals surface area contributed by atoms with E-state index < -0.39 is 0 Å². The maximum absolute atomic E-state index is 12.7. The van der Waals surface area contributed by atoms with Crippen molar-refractivity contribution < 1.29 is 4.79 Å². The molecule has 0 bridgehead atoms. The van der Waals surface area contributed by atoms with Crippen LogP contribution in [0.5, 0.6) is 0 Å². The van der Waals surface area contributed by atoms with E-state index in [0.717, 1.165) is 29.7 Å². The molecule has 1 heterocycles. The van der Waals surface area contributed by atoms with Crippen molar-refractivity contribution in [1.82, 2.24) is 10.6 Å². The molecule has 3 unspecified atom stereocenters. The number of piperazine rings is 1. The van der Waals surface area contributed by atoms with Gasteiger partial charge in [-0.1, -0.05) is 61.4 Å². The van der Waals surface area contributed by atoms with Crippen molar-refractivity contribution in [3.8, 4) is 0 Å². The van der Waals surface area contributed by atoms with Gasteiger partial charge in [-0.2, -0.15) is 0 Å². The van der Waals surface area contributed by atoms with Gasteiger partial charge in [0.15, 0.2) is 0 Å². The van der Waals surface area contributed by atoms with Crippen LogP contribution < -0.4 is 10.6 Å². The fourth-order valence-electron chi connectivity index (χ4n) is 3.82. The first kappa shape index (κ1) is 16.0. The van der Waals surface area contributed by atoms with Crippen LogP contribution in [-0.2, 0) is 4.79 Å². The number of rotatable bonds is 3. The van der Waals surface area contributed by atoms with Gasteiger partial charge in [0, 0.05) is 23.9 Å². The summed E-state index contributed by atoms with van der Waals surface area (Å²) >= 11 is 0. The summed E-state index contributed by atoms with van der Waals surface area (Å²) in [6.07, 6.45) is 6.47. The molecular weight excluding hydrogens is 310 g/mol. The highest BCUT2D eigenvalue weighted by Crippen LogP contribution is 2.31. The molecule has 2 aliphatic rings. The van der Waals surface area contributed by atoms with Gasteiger partial charge in [-0.25, -0.2) is 0 Å². The quantitative estimate of drug-likeness (QED) is 0.845. The zero-order valence-electron chi connectivity index (χ0n) is 14.2. The number of nitrogens with one attached hydrogen (secondary N) is 2. The van der Waals surface area contributed by atoms with Crippen molar-refractivity contribution in [3.05, 3.63) is 65.7 Å². The average molecular weight is 333 g/mol. The van der Waals surface area contributed by atoms with Crippen LogP contribution in [-0.4, -0.2) is 24.2 Å². The Balaban J connectivity index is 1.60. The molecule has 25 heavy (non-hydrogen) atoms. The second-order valence-electron chi connectivity index (χ2n) is 6.83. The van der Waals surface area contributed by atoms with Crippen LogP contribution in [0.4, 0.5) is 5.69 Å². The third-order valence-corrected chi connectivity index (χ3v) is 5.14. The number of hydrogen-bond acceptors (Lipinski definition) is 3. The predicted molar refractivity (Wildman–Crippen MR) is 100 cm³/mol. The number of hydrogen-bond donors (Lipinski definition) is 2. The number of benzene rings is 2. The molecule has 2 aromatic carbocycles. The van der Waals surface area contributed by atoms with E-state index in [1.54, 1.807) is 0 Å². The van der Waals surface area contributed by atoms with Crippen molar-refractivity contribution >= 4 is 17.8 Å². The van der Waals surface area contributed by atoms with Gasteiger partial charge in [0.25, 0.3) is 0 Å². The van der Waals surface area contributed by atoms with E-state index in [-0.39, 0.29) is 18.0 Å². The summed E-state index contributed by atoms with van der Waals surface area (Å²) in [5, 5.41) is 6.79. The summed E-state index contributed by atoms with van der Waals surface area (Å²) in [5.41, 5.74) is 2.83. The smallest absolute Gasteiger partial charge is 0.242 e. The summed E-state index contributed by atoms with van der Waals surface area (Å²) in [6, 6.07) is 18.2. The molecule has 2 aromatic rings. The Kier molecular flexibility index (Phi) is 4.61. The van der Waals surface area contributed by atoms with E-state index in [1.165, 1.54) is 12.8 Å². The van der Waals surface area contributed by atoms with Gasteiger partial charge in [-0.05, 0) is 24.5 Å². The van der Waals surface area contributed by atoms with Crippen molar-refractivity contribution in [3.63, 3.8) is 0 Å². The van der Waals surface area contributed by atoms with Crippen molar-refractivity contribution in [2.45, 2.75) is 43.8 Å². The van der Waals surface area contributed by atoms with Crippen LogP contribution >= 0.6 is 0 Å². The van der Waals surface area contributed by atoms with Crippen molar-refractivity contribution in [2.24, 2.45) is 4.99 Å². The van der Waals surface area contributed by atoms with Crippen LogP contribution in [0.25, 0.3) is 0 Å². The van der Waals surface area contributed by atoms with Crippen LogP contribution in [0.1, 0.15) is 42.9 Å². The van der Waals surface area contributed by atoms with Crippen LogP contribution in [0.3, 0.4) is 0 Å². The van der Waals surface area contributed by atoms with Gasteiger partial charge in [0.1, 0.15) is 6.04 Å². The van der Waals surface area contributed by atoms with E-state index >= 15 is 0 Å². The number of carbonyl (C=O) groups excluding carboxylic acids is 1. The minimum absolute atomic E-state index is 0.0607. The number of aliphatic imine (C=N–C) groups is 1. The molecule has 4 nitrogen and oxygen atoms in total. The Morgan fingerprint density at radius 1 is 0.920 bits per heavy atom. The van der Waals surface area contributed by atoms with Crippen molar-refractivity contribution in [1.29, 1.82) is 0 Å². The van der Waals surface area contributed by atoms with Gasteiger partial charge >= 0.3 is 0 Å². The molecule has 1 saturated heterocycles. The molecule has 3 atom stereocenters. The Bertz CT molecular complexity index is 772. The van der Waals surface area contributed by atoms with Crippen LogP contribution in [0, 0.1) is 0 Å². The fourth-order valence-corrected chi connectivity index (χ4v) is 3.82. The SMILES string of the molecule is O=C1NC2CCCCC2NC1c1ccccc1N=Cc1ccccc1. The minimum atomic E-state index is -0.330. The van der Waals surface area contributed by atoms with Gasteiger partial charge in [-0.15, -0.1) is 0 Å². The molecular formula is C21H23N3O. The highest BCUT2D eigenvalue weighted by molar-refractivity contribution is 5.87. The van der Waals surface area contributed by atoms with Gasteiger partial charge < -0.3 is 5.32 Å². The van der Waals surface area contributed by atoms with Gasteiger partial charge in [0.2, 0.25) is 5.91 Å². The number of carbonyl (C=O) groups is 1. The molecule has 1 aliphatic heterocycles. The molecule has 0 radical (unpaired) electrons. The zero-order chi connectivity index (χ0) is 17.1. The number of amides is 1. The lowest BCUT2D eigenvalue weighted by atomic mass is 9.86. The van der Waals surface area contributed by atoms with E-state index in [4.69, 9.17) is 0 Å². The maximum atomic E-state index is 12.7. The predicted octanol–water partition coefficient (Wildman–Crippen LogP) is 3.51. The number of nitrogens with zero attached hydrogens (tertiary/aromatic N) is 1. The largest absolute Gasteiger partial charge is 0.350 e.